The number of ether oxygens (including phenoxy) is 1. The predicted molar refractivity (Wildman–Crippen MR) is 123 cm³/mol. The van der Waals surface area contributed by atoms with Gasteiger partial charge >= 0.3 is 6.09 Å². The summed E-state index contributed by atoms with van der Waals surface area (Å²) in [4.78, 5) is 23.3. The Bertz CT molecular complexity index is 1340. The van der Waals surface area contributed by atoms with E-state index in [1.54, 1.807) is 23.7 Å². The maximum atomic E-state index is 12.1. The number of hydrogen-bond donors (Lipinski definition) is 3. The summed E-state index contributed by atoms with van der Waals surface area (Å²) < 4.78 is 13.0. The predicted octanol–water partition coefficient (Wildman–Crippen LogP) is 4.03. The zero-order valence-electron chi connectivity index (χ0n) is 18.4. The minimum atomic E-state index is -1.15. The lowest BCUT2D eigenvalue weighted by atomic mass is 10.1. The van der Waals surface area contributed by atoms with E-state index in [-0.39, 0.29) is 24.3 Å². The molecule has 1 saturated carbocycles. The first kappa shape index (κ1) is 21.5. The first-order valence-electron chi connectivity index (χ1n) is 10.9. The number of pyridine rings is 1. The van der Waals surface area contributed by atoms with E-state index in [2.05, 4.69) is 20.9 Å². The molecule has 2 amide bonds. The van der Waals surface area contributed by atoms with Crippen molar-refractivity contribution in [3.63, 3.8) is 0 Å². The molecule has 0 spiro atoms. The minimum Gasteiger partial charge on any atom is -0.472 e. The fourth-order valence-corrected chi connectivity index (χ4v) is 3.78. The first-order valence-corrected chi connectivity index (χ1v) is 10.9. The molecule has 0 unspecified atom stereocenters. The second kappa shape index (κ2) is 8.89. The van der Waals surface area contributed by atoms with E-state index >= 15 is 0 Å². The Morgan fingerprint density at radius 2 is 2.03 bits per heavy atom. The summed E-state index contributed by atoms with van der Waals surface area (Å²) in [6, 6.07) is 14.1. The standard InChI is InChI=1S/C24H23N5O5/c1-14-21(17-9-10-29-18(11-17)12-20(27-29)26-22(30)16-7-8-16)23(28-34-14)33-13-19(25-24(31)32)15-5-3-2-4-6-15/h2-6,9-12,16,19,25H,7-8,13H2,1H3,(H,31,32)(H,26,27,30)/t19-/m1/s1. The van der Waals surface area contributed by atoms with Crippen LogP contribution >= 0.6 is 0 Å². The van der Waals surface area contributed by atoms with Gasteiger partial charge in [-0.2, -0.15) is 5.10 Å². The van der Waals surface area contributed by atoms with Crippen LogP contribution in [0.15, 0.2) is 59.3 Å². The largest absolute Gasteiger partial charge is 0.472 e. The van der Waals surface area contributed by atoms with Gasteiger partial charge < -0.3 is 25.0 Å². The van der Waals surface area contributed by atoms with E-state index in [1.807, 2.05) is 42.5 Å². The molecule has 1 fully saturated rings. The van der Waals surface area contributed by atoms with Crippen molar-refractivity contribution in [2.45, 2.75) is 25.8 Å². The van der Waals surface area contributed by atoms with Crippen LogP contribution in [0.1, 0.15) is 30.2 Å². The van der Waals surface area contributed by atoms with Crippen LogP contribution in [0.25, 0.3) is 16.6 Å². The van der Waals surface area contributed by atoms with E-state index in [0.717, 1.165) is 29.5 Å². The number of nitrogens with one attached hydrogen (secondary N) is 2. The van der Waals surface area contributed by atoms with E-state index in [0.29, 0.717) is 17.1 Å². The third-order valence-corrected chi connectivity index (χ3v) is 5.67. The molecule has 1 aromatic carbocycles. The SMILES string of the molecule is Cc1onc(OC[C@@H](NC(=O)O)c2ccccc2)c1-c1ccn2nc(NC(=O)C3CC3)cc2c1. The van der Waals surface area contributed by atoms with Crippen molar-refractivity contribution in [1.82, 2.24) is 20.1 Å². The molecule has 1 aliphatic rings. The minimum absolute atomic E-state index is 0.00265. The van der Waals surface area contributed by atoms with Gasteiger partial charge in [-0.3, -0.25) is 4.79 Å². The Morgan fingerprint density at radius 1 is 1.24 bits per heavy atom. The van der Waals surface area contributed by atoms with Crippen LogP contribution in [-0.4, -0.2) is 38.5 Å². The Labute approximate surface area is 194 Å². The van der Waals surface area contributed by atoms with Gasteiger partial charge in [-0.25, -0.2) is 9.31 Å². The van der Waals surface area contributed by atoms with Gasteiger partial charge in [0.05, 0.1) is 17.1 Å². The summed E-state index contributed by atoms with van der Waals surface area (Å²) in [6.45, 7) is 1.81. The number of nitrogens with zero attached hydrogens (tertiary/aromatic N) is 3. The van der Waals surface area contributed by atoms with Crippen LogP contribution in [0.5, 0.6) is 5.88 Å². The lowest BCUT2D eigenvalue weighted by Gasteiger charge is -2.17. The number of carbonyl (C=O) groups is 2. The van der Waals surface area contributed by atoms with Crippen molar-refractivity contribution in [1.29, 1.82) is 0 Å². The normalized spacial score (nSPS) is 14.0. The molecule has 3 heterocycles. The van der Waals surface area contributed by atoms with Crippen molar-refractivity contribution in [2.24, 2.45) is 5.92 Å². The summed E-state index contributed by atoms with van der Waals surface area (Å²) in [5, 5.41) is 23.0. The monoisotopic (exact) mass is 461 g/mol. The molecule has 10 heteroatoms. The lowest BCUT2D eigenvalue weighted by molar-refractivity contribution is -0.117. The second-order valence-electron chi connectivity index (χ2n) is 8.22. The number of fused-ring (bicyclic) bond motifs is 1. The van der Waals surface area contributed by atoms with Crippen LogP contribution in [0.3, 0.4) is 0 Å². The van der Waals surface area contributed by atoms with Crippen LogP contribution < -0.4 is 15.4 Å². The molecule has 3 N–H and O–H groups in total. The number of carboxylic acid groups (broad SMARTS) is 1. The molecule has 1 aliphatic carbocycles. The first-order chi connectivity index (χ1) is 16.5. The lowest BCUT2D eigenvalue weighted by Crippen LogP contribution is -2.31. The van der Waals surface area contributed by atoms with E-state index in [1.165, 1.54) is 0 Å². The maximum absolute atomic E-state index is 12.1. The molecule has 10 nitrogen and oxygen atoms in total. The Morgan fingerprint density at radius 3 is 2.76 bits per heavy atom. The highest BCUT2D eigenvalue weighted by Gasteiger charge is 2.30. The number of benzene rings is 1. The number of anilines is 1. The quantitative estimate of drug-likeness (QED) is 0.361. The zero-order chi connectivity index (χ0) is 23.7. The average molecular weight is 461 g/mol. The summed E-state index contributed by atoms with van der Waals surface area (Å²) >= 11 is 0. The Kier molecular flexibility index (Phi) is 5.62. The molecule has 0 radical (unpaired) electrons. The summed E-state index contributed by atoms with van der Waals surface area (Å²) in [5.41, 5.74) is 3.01. The van der Waals surface area contributed by atoms with Gasteiger partial charge in [0.25, 0.3) is 5.88 Å². The van der Waals surface area contributed by atoms with Crippen LogP contribution in [0, 0.1) is 12.8 Å². The molecule has 34 heavy (non-hydrogen) atoms. The van der Waals surface area contributed by atoms with Gasteiger partial charge in [0.1, 0.15) is 12.4 Å². The van der Waals surface area contributed by atoms with E-state index in [9.17, 15) is 14.7 Å². The fourth-order valence-electron chi connectivity index (χ4n) is 3.78. The molecule has 1 atom stereocenters. The van der Waals surface area contributed by atoms with Crippen LogP contribution in [0.2, 0.25) is 0 Å². The summed E-state index contributed by atoms with van der Waals surface area (Å²) in [6.07, 6.45) is 2.48. The van der Waals surface area contributed by atoms with Crippen molar-refractivity contribution in [3.8, 4) is 17.0 Å². The highest BCUT2D eigenvalue weighted by molar-refractivity contribution is 5.93. The molecule has 0 bridgehead atoms. The fraction of sp³-hybridized carbons (Fsp3) is 0.250. The van der Waals surface area contributed by atoms with E-state index in [4.69, 9.17) is 9.26 Å². The van der Waals surface area contributed by atoms with Gasteiger partial charge in [0.15, 0.2) is 5.82 Å². The van der Waals surface area contributed by atoms with Crippen molar-refractivity contribution >= 4 is 23.3 Å². The molecular formula is C24H23N5O5. The van der Waals surface area contributed by atoms with Gasteiger partial charge in [-0.15, -0.1) is 0 Å². The average Bonchev–Trinajstić information content (AvgIpc) is 3.51. The zero-order valence-corrected chi connectivity index (χ0v) is 18.4. The Hall–Kier alpha value is -4.34. The van der Waals surface area contributed by atoms with Crippen LogP contribution in [0.4, 0.5) is 10.6 Å². The Balaban J connectivity index is 1.38. The topological polar surface area (TPSA) is 131 Å². The summed E-state index contributed by atoms with van der Waals surface area (Å²) in [5.74, 6) is 1.41. The van der Waals surface area contributed by atoms with Gasteiger partial charge in [-0.1, -0.05) is 30.3 Å². The van der Waals surface area contributed by atoms with Gasteiger partial charge in [0, 0.05) is 18.2 Å². The third-order valence-electron chi connectivity index (χ3n) is 5.67. The number of amides is 2. The molecule has 5 rings (SSSR count). The number of hydrogen-bond acceptors (Lipinski definition) is 6. The highest BCUT2D eigenvalue weighted by atomic mass is 16.5. The van der Waals surface area contributed by atoms with E-state index < -0.39 is 12.1 Å². The molecule has 0 saturated heterocycles. The molecule has 174 valence electrons. The third kappa shape index (κ3) is 4.56. The van der Waals surface area contributed by atoms with Gasteiger partial charge in [-0.05, 0) is 48.2 Å². The number of aryl methyl sites for hydroxylation is 1. The van der Waals surface area contributed by atoms with Gasteiger partial charge in [0.2, 0.25) is 5.91 Å². The summed E-state index contributed by atoms with van der Waals surface area (Å²) in [7, 11) is 0. The number of rotatable bonds is 8. The van der Waals surface area contributed by atoms with Crippen LogP contribution in [-0.2, 0) is 4.79 Å². The second-order valence-corrected chi connectivity index (χ2v) is 8.22. The molecule has 0 aliphatic heterocycles. The van der Waals surface area contributed by atoms with Crippen molar-refractivity contribution in [2.75, 3.05) is 11.9 Å². The van der Waals surface area contributed by atoms with Crippen molar-refractivity contribution in [3.05, 3.63) is 66.1 Å². The molecular weight excluding hydrogens is 438 g/mol. The molecule has 3 aromatic heterocycles. The maximum Gasteiger partial charge on any atom is 0.405 e. The molecule has 4 aromatic rings. The number of carbonyl (C=O) groups excluding carboxylic acids is 1. The number of aromatic nitrogens is 3. The van der Waals surface area contributed by atoms with Crippen molar-refractivity contribution < 1.29 is 24.0 Å². The smallest absolute Gasteiger partial charge is 0.405 e. The highest BCUT2D eigenvalue weighted by Crippen LogP contribution is 2.34.